The van der Waals surface area contributed by atoms with Crippen molar-refractivity contribution in [2.75, 3.05) is 31.1 Å². The van der Waals surface area contributed by atoms with E-state index < -0.39 is 0 Å². The van der Waals surface area contributed by atoms with Crippen molar-refractivity contribution in [1.82, 2.24) is 4.90 Å². The molecule has 136 valence electrons. The van der Waals surface area contributed by atoms with Crippen molar-refractivity contribution < 1.29 is 9.90 Å². The molecule has 1 amide bonds. The normalized spacial score (nSPS) is 19.1. The number of carbonyl (C=O) groups excluding carboxylic acids is 1. The lowest BCUT2D eigenvalue weighted by atomic mass is 9.63. The lowest BCUT2D eigenvalue weighted by Crippen LogP contribution is -2.56. The number of hydrogen-bond acceptors (Lipinski definition) is 3. The van der Waals surface area contributed by atoms with E-state index in [1.54, 1.807) is 6.07 Å². The Kier molecular flexibility index (Phi) is 4.53. The molecule has 2 aromatic rings. The third kappa shape index (κ3) is 2.92. The van der Waals surface area contributed by atoms with Crippen molar-refractivity contribution in [1.29, 1.82) is 0 Å². The van der Waals surface area contributed by atoms with Crippen LogP contribution >= 0.6 is 11.6 Å². The van der Waals surface area contributed by atoms with Gasteiger partial charge in [-0.15, -0.1) is 0 Å². The van der Waals surface area contributed by atoms with Gasteiger partial charge in [0, 0.05) is 31.2 Å². The van der Waals surface area contributed by atoms with Crippen LogP contribution in [0.25, 0.3) is 0 Å². The quantitative estimate of drug-likeness (QED) is 0.893. The van der Waals surface area contributed by atoms with E-state index in [-0.39, 0.29) is 11.3 Å². The van der Waals surface area contributed by atoms with Gasteiger partial charge in [0.2, 0.25) is 5.91 Å². The molecule has 0 unspecified atom stereocenters. The van der Waals surface area contributed by atoms with E-state index in [2.05, 4.69) is 4.90 Å². The third-order valence-corrected chi connectivity index (χ3v) is 6.05. The summed E-state index contributed by atoms with van der Waals surface area (Å²) in [5.41, 5.74) is 1.55. The number of benzene rings is 2. The van der Waals surface area contributed by atoms with Gasteiger partial charge in [-0.3, -0.25) is 4.79 Å². The highest BCUT2D eigenvalue weighted by Gasteiger charge is 2.47. The van der Waals surface area contributed by atoms with Gasteiger partial charge < -0.3 is 14.9 Å². The van der Waals surface area contributed by atoms with Crippen LogP contribution in [0.5, 0.6) is 5.75 Å². The minimum absolute atomic E-state index is 0.239. The van der Waals surface area contributed by atoms with Crippen molar-refractivity contribution in [2.24, 2.45) is 0 Å². The molecule has 2 aromatic carbocycles. The largest absolute Gasteiger partial charge is 0.506 e. The Balaban J connectivity index is 1.48. The molecule has 2 aliphatic rings. The van der Waals surface area contributed by atoms with Gasteiger partial charge >= 0.3 is 0 Å². The van der Waals surface area contributed by atoms with Crippen LogP contribution in [0, 0.1) is 0 Å². The van der Waals surface area contributed by atoms with Crippen molar-refractivity contribution in [3.05, 3.63) is 59.1 Å². The Bertz CT molecular complexity index is 794. The predicted molar refractivity (Wildman–Crippen MR) is 104 cm³/mol. The van der Waals surface area contributed by atoms with E-state index in [4.69, 9.17) is 11.6 Å². The highest BCUT2D eigenvalue weighted by Crippen LogP contribution is 2.45. The first kappa shape index (κ1) is 17.2. The average Bonchev–Trinajstić information content (AvgIpc) is 2.63. The number of carbonyl (C=O) groups is 1. The molecule has 2 fully saturated rings. The molecule has 1 saturated carbocycles. The molecule has 0 aromatic heterocycles. The number of anilines is 1. The third-order valence-electron chi connectivity index (χ3n) is 5.80. The number of rotatable bonds is 3. The summed E-state index contributed by atoms with van der Waals surface area (Å²) in [7, 11) is 0. The Labute approximate surface area is 159 Å². The topological polar surface area (TPSA) is 43.8 Å². The number of amides is 1. The van der Waals surface area contributed by atoms with Crippen LogP contribution in [0.1, 0.15) is 24.8 Å². The SMILES string of the molecule is O=C(N1CCN(c2ccccc2O)CC1)C1(c2ccc(Cl)cc2)CCC1. The zero-order chi connectivity index (χ0) is 18.1. The van der Waals surface area contributed by atoms with Crippen LogP contribution < -0.4 is 4.90 Å². The van der Waals surface area contributed by atoms with Gasteiger partial charge in [-0.2, -0.15) is 0 Å². The number of halogens is 1. The van der Waals surface area contributed by atoms with Gasteiger partial charge in [-0.1, -0.05) is 42.3 Å². The fourth-order valence-electron chi connectivity index (χ4n) is 4.11. The van der Waals surface area contributed by atoms with Crippen LogP contribution in [0.3, 0.4) is 0 Å². The molecular weight excluding hydrogens is 348 g/mol. The number of piperazine rings is 1. The van der Waals surface area contributed by atoms with Crippen LogP contribution in [0.4, 0.5) is 5.69 Å². The fraction of sp³-hybridized carbons (Fsp3) is 0.381. The maximum Gasteiger partial charge on any atom is 0.233 e. The number of phenolic OH excluding ortho intramolecular Hbond substituents is 1. The summed E-state index contributed by atoms with van der Waals surface area (Å²) in [5.74, 6) is 0.534. The Morgan fingerprint density at radius 2 is 1.62 bits per heavy atom. The molecule has 5 heteroatoms. The Hall–Kier alpha value is -2.20. The molecule has 4 rings (SSSR count). The van der Waals surface area contributed by atoms with E-state index in [0.717, 1.165) is 43.6 Å². The van der Waals surface area contributed by atoms with Gasteiger partial charge in [0.15, 0.2) is 0 Å². The van der Waals surface area contributed by atoms with Crippen LogP contribution in [0.15, 0.2) is 48.5 Å². The smallest absolute Gasteiger partial charge is 0.233 e. The first-order valence-corrected chi connectivity index (χ1v) is 9.56. The molecule has 1 heterocycles. The molecule has 1 N–H and O–H groups in total. The summed E-state index contributed by atoms with van der Waals surface area (Å²) in [6.45, 7) is 2.84. The molecule has 1 aliphatic heterocycles. The fourth-order valence-corrected chi connectivity index (χ4v) is 4.24. The van der Waals surface area contributed by atoms with Gasteiger partial charge in [-0.25, -0.2) is 0 Å². The standard InChI is InChI=1S/C21H23ClN2O2/c22-17-8-6-16(7-9-17)21(10-3-11-21)20(26)24-14-12-23(13-15-24)18-4-1-2-5-19(18)25/h1-2,4-9,25H,3,10-15H2. The lowest BCUT2D eigenvalue weighted by Gasteiger charge is -2.46. The second-order valence-corrected chi connectivity index (χ2v) is 7.65. The minimum atomic E-state index is -0.373. The molecule has 0 radical (unpaired) electrons. The summed E-state index contributed by atoms with van der Waals surface area (Å²) in [4.78, 5) is 17.5. The number of nitrogens with zero attached hydrogens (tertiary/aromatic N) is 2. The van der Waals surface area contributed by atoms with E-state index in [0.29, 0.717) is 23.9 Å². The van der Waals surface area contributed by atoms with Gasteiger partial charge in [0.05, 0.1) is 11.1 Å². The molecule has 4 nitrogen and oxygen atoms in total. The lowest BCUT2D eigenvalue weighted by molar-refractivity contribution is -0.141. The molecular formula is C21H23ClN2O2. The maximum absolute atomic E-state index is 13.3. The van der Waals surface area contributed by atoms with Crippen molar-refractivity contribution in [3.63, 3.8) is 0 Å². The molecule has 1 aliphatic carbocycles. The zero-order valence-electron chi connectivity index (χ0n) is 14.7. The Morgan fingerprint density at radius 1 is 0.962 bits per heavy atom. The number of para-hydroxylation sites is 2. The number of phenols is 1. The Morgan fingerprint density at radius 3 is 2.19 bits per heavy atom. The van der Waals surface area contributed by atoms with Crippen molar-refractivity contribution in [3.8, 4) is 5.75 Å². The monoisotopic (exact) mass is 370 g/mol. The molecule has 0 bridgehead atoms. The highest BCUT2D eigenvalue weighted by atomic mass is 35.5. The van der Waals surface area contributed by atoms with Crippen molar-refractivity contribution >= 4 is 23.2 Å². The van der Waals surface area contributed by atoms with Gasteiger partial charge in [0.1, 0.15) is 5.75 Å². The van der Waals surface area contributed by atoms with Gasteiger partial charge in [-0.05, 0) is 42.7 Å². The minimum Gasteiger partial charge on any atom is -0.506 e. The van der Waals surface area contributed by atoms with Gasteiger partial charge in [0.25, 0.3) is 0 Å². The predicted octanol–water partition coefficient (Wildman–Crippen LogP) is 3.82. The average molecular weight is 371 g/mol. The summed E-state index contributed by atoms with van der Waals surface area (Å²) >= 11 is 6.02. The molecule has 0 atom stereocenters. The highest BCUT2D eigenvalue weighted by molar-refractivity contribution is 6.30. The summed E-state index contributed by atoms with van der Waals surface area (Å²) in [5, 5.41) is 10.8. The summed E-state index contributed by atoms with van der Waals surface area (Å²) in [6.07, 6.45) is 2.91. The molecule has 1 saturated heterocycles. The second kappa shape index (κ2) is 6.84. The van der Waals surface area contributed by atoms with E-state index in [1.165, 1.54) is 0 Å². The second-order valence-electron chi connectivity index (χ2n) is 7.21. The van der Waals surface area contributed by atoms with E-state index >= 15 is 0 Å². The van der Waals surface area contributed by atoms with E-state index in [1.807, 2.05) is 47.4 Å². The number of aromatic hydroxyl groups is 1. The van der Waals surface area contributed by atoms with Crippen LogP contribution in [-0.2, 0) is 10.2 Å². The first-order chi connectivity index (χ1) is 12.6. The van der Waals surface area contributed by atoms with Crippen LogP contribution in [-0.4, -0.2) is 42.1 Å². The van der Waals surface area contributed by atoms with Crippen LogP contribution in [0.2, 0.25) is 5.02 Å². The summed E-state index contributed by atoms with van der Waals surface area (Å²) < 4.78 is 0. The molecule has 26 heavy (non-hydrogen) atoms. The summed E-state index contributed by atoms with van der Waals surface area (Å²) in [6, 6.07) is 15.1. The first-order valence-electron chi connectivity index (χ1n) is 9.18. The molecule has 0 spiro atoms. The van der Waals surface area contributed by atoms with Crippen molar-refractivity contribution in [2.45, 2.75) is 24.7 Å². The zero-order valence-corrected chi connectivity index (χ0v) is 15.5. The maximum atomic E-state index is 13.3. The number of hydrogen-bond donors (Lipinski definition) is 1. The van der Waals surface area contributed by atoms with E-state index in [9.17, 15) is 9.90 Å².